The van der Waals surface area contributed by atoms with E-state index in [0.29, 0.717) is 6.61 Å². The van der Waals surface area contributed by atoms with Crippen LogP contribution in [-0.4, -0.2) is 11.5 Å². The van der Waals surface area contributed by atoms with Gasteiger partial charge in [0.25, 0.3) is 0 Å². The van der Waals surface area contributed by atoms with Crippen molar-refractivity contribution >= 4 is 22.7 Å². The normalized spacial score (nSPS) is 15.7. The molecule has 1 radical (unpaired) electrons. The van der Waals surface area contributed by atoms with E-state index in [9.17, 15) is 0 Å². The molecule has 1 aliphatic rings. The Bertz CT molecular complexity index is 327. The third kappa shape index (κ3) is 1.25. The van der Waals surface area contributed by atoms with Gasteiger partial charge in [0.1, 0.15) is 6.61 Å². The molecule has 2 heteroatoms. The molecule has 59 valence electrons. The van der Waals surface area contributed by atoms with Gasteiger partial charge in [-0.1, -0.05) is 42.5 Å². The first-order chi connectivity index (χ1) is 5.88. The zero-order valence-electron chi connectivity index (χ0n) is 6.41. The van der Waals surface area contributed by atoms with Gasteiger partial charge in [0.15, 0.2) is 6.26 Å². The maximum atomic E-state index is 5.10. The van der Waals surface area contributed by atoms with E-state index in [1.165, 1.54) is 0 Å². The van der Waals surface area contributed by atoms with Crippen LogP contribution in [0.15, 0.2) is 30.3 Å². The Hall–Kier alpha value is -1.15. The third-order valence-corrected chi connectivity index (χ3v) is 2.04. The van der Waals surface area contributed by atoms with Crippen molar-refractivity contribution in [1.82, 2.24) is 0 Å². The van der Waals surface area contributed by atoms with Crippen LogP contribution in [0.1, 0.15) is 5.56 Å². The van der Waals surface area contributed by atoms with Gasteiger partial charge in [-0.25, -0.2) is 0 Å². The van der Waals surface area contributed by atoms with Gasteiger partial charge in [0.05, 0.1) is 4.86 Å². The molecule has 0 unspecified atom stereocenters. The van der Waals surface area contributed by atoms with Crippen molar-refractivity contribution in [2.45, 2.75) is 0 Å². The minimum atomic E-state index is 0.500. The minimum Gasteiger partial charge on any atom is -0.483 e. The predicted octanol–water partition coefficient (Wildman–Crippen LogP) is 2.23. The quantitative estimate of drug-likeness (QED) is 0.605. The highest BCUT2D eigenvalue weighted by molar-refractivity contribution is 7.81. The van der Waals surface area contributed by atoms with Crippen LogP contribution in [0.3, 0.4) is 0 Å². The molecule has 1 nitrogen and oxygen atoms in total. The number of ether oxygens (including phenoxy) is 1. The average Bonchev–Trinajstić information content (AvgIpc) is 2.53. The molecule has 0 aromatic heterocycles. The summed E-state index contributed by atoms with van der Waals surface area (Å²) in [5, 5.41) is 0. The van der Waals surface area contributed by atoms with E-state index in [2.05, 4.69) is 6.26 Å². The number of rotatable bonds is 1. The Morgan fingerprint density at radius 3 is 2.58 bits per heavy atom. The molecule has 0 amide bonds. The van der Waals surface area contributed by atoms with E-state index < -0.39 is 0 Å². The predicted molar refractivity (Wildman–Crippen MR) is 51.6 cm³/mol. The zero-order valence-corrected chi connectivity index (χ0v) is 7.23. The second-order valence-electron chi connectivity index (χ2n) is 2.55. The average molecular weight is 175 g/mol. The van der Waals surface area contributed by atoms with Crippen molar-refractivity contribution in [1.29, 1.82) is 0 Å². The molecular formula is C10H7OS. The third-order valence-electron chi connectivity index (χ3n) is 1.72. The Labute approximate surface area is 76.7 Å². The van der Waals surface area contributed by atoms with Gasteiger partial charge in [-0.05, 0) is 5.56 Å². The maximum absolute atomic E-state index is 5.10. The standard InChI is InChI=1S/C10H7OS/c12-10-7-11-6-9(10)8-4-2-1-3-5-8/h1-5H,7H2. The van der Waals surface area contributed by atoms with Crippen LogP contribution in [0.5, 0.6) is 0 Å². The molecule has 2 rings (SSSR count). The highest BCUT2D eigenvalue weighted by atomic mass is 32.1. The molecule has 0 atom stereocenters. The van der Waals surface area contributed by atoms with Gasteiger partial charge in [-0.2, -0.15) is 0 Å². The highest BCUT2D eigenvalue weighted by Crippen LogP contribution is 2.19. The molecule has 0 fully saturated rings. The van der Waals surface area contributed by atoms with Gasteiger partial charge >= 0.3 is 0 Å². The summed E-state index contributed by atoms with van der Waals surface area (Å²) in [4.78, 5) is 0.834. The molecular weight excluding hydrogens is 168 g/mol. The van der Waals surface area contributed by atoms with E-state index in [4.69, 9.17) is 17.0 Å². The second kappa shape index (κ2) is 3.07. The number of thiocarbonyl (C=S) groups is 1. The molecule has 0 bridgehead atoms. The van der Waals surface area contributed by atoms with E-state index in [1.54, 1.807) is 0 Å². The Morgan fingerprint density at radius 2 is 2.00 bits per heavy atom. The van der Waals surface area contributed by atoms with E-state index in [0.717, 1.165) is 16.0 Å². The highest BCUT2D eigenvalue weighted by Gasteiger charge is 2.14. The first kappa shape index (κ1) is 7.50. The van der Waals surface area contributed by atoms with Crippen molar-refractivity contribution in [3.8, 4) is 0 Å². The lowest BCUT2D eigenvalue weighted by molar-refractivity contribution is 0.294. The Morgan fingerprint density at radius 1 is 1.25 bits per heavy atom. The number of benzene rings is 1. The second-order valence-corrected chi connectivity index (χ2v) is 3.05. The van der Waals surface area contributed by atoms with E-state index >= 15 is 0 Å². The summed E-state index contributed by atoms with van der Waals surface area (Å²) < 4.78 is 5.00. The fourth-order valence-corrected chi connectivity index (χ4v) is 1.35. The monoisotopic (exact) mass is 175 g/mol. The summed E-state index contributed by atoms with van der Waals surface area (Å²) in [5.74, 6) is 0. The Kier molecular flexibility index (Phi) is 1.92. The first-order valence-corrected chi connectivity index (χ1v) is 4.12. The molecule has 0 saturated carbocycles. The SMILES string of the molecule is S=C1CO[C]=C1c1ccccc1. The lowest BCUT2D eigenvalue weighted by Gasteiger charge is -1.97. The topological polar surface area (TPSA) is 9.23 Å². The maximum Gasteiger partial charge on any atom is 0.171 e. The molecule has 1 aliphatic heterocycles. The van der Waals surface area contributed by atoms with Crippen molar-refractivity contribution < 1.29 is 4.74 Å². The van der Waals surface area contributed by atoms with Crippen molar-refractivity contribution in [3.05, 3.63) is 42.2 Å². The first-order valence-electron chi connectivity index (χ1n) is 3.71. The van der Waals surface area contributed by atoms with E-state index in [-0.39, 0.29) is 0 Å². The fourth-order valence-electron chi connectivity index (χ4n) is 1.13. The van der Waals surface area contributed by atoms with Crippen LogP contribution in [-0.2, 0) is 4.74 Å². The smallest absolute Gasteiger partial charge is 0.171 e. The van der Waals surface area contributed by atoms with Crippen LogP contribution in [0.4, 0.5) is 0 Å². The molecule has 0 saturated heterocycles. The number of hydrogen-bond acceptors (Lipinski definition) is 2. The summed E-state index contributed by atoms with van der Waals surface area (Å²) in [6.07, 6.45) is 2.80. The molecule has 12 heavy (non-hydrogen) atoms. The van der Waals surface area contributed by atoms with Gasteiger partial charge in [0.2, 0.25) is 0 Å². The van der Waals surface area contributed by atoms with Crippen molar-refractivity contribution in [2.75, 3.05) is 6.61 Å². The van der Waals surface area contributed by atoms with Gasteiger partial charge in [-0.15, -0.1) is 0 Å². The van der Waals surface area contributed by atoms with Gasteiger partial charge in [-0.3, -0.25) is 0 Å². The molecule has 0 N–H and O–H groups in total. The molecule has 1 aromatic carbocycles. The number of hydrogen-bond donors (Lipinski definition) is 0. The largest absolute Gasteiger partial charge is 0.483 e. The van der Waals surface area contributed by atoms with Gasteiger partial charge < -0.3 is 4.74 Å². The van der Waals surface area contributed by atoms with Crippen molar-refractivity contribution in [3.63, 3.8) is 0 Å². The van der Waals surface area contributed by atoms with Crippen LogP contribution in [0.2, 0.25) is 0 Å². The summed E-state index contributed by atoms with van der Waals surface area (Å²) in [6, 6.07) is 9.94. The zero-order chi connectivity index (χ0) is 8.39. The summed E-state index contributed by atoms with van der Waals surface area (Å²) in [6.45, 7) is 0.500. The Balaban J connectivity index is 2.38. The minimum absolute atomic E-state index is 0.500. The van der Waals surface area contributed by atoms with Gasteiger partial charge in [0, 0.05) is 5.57 Å². The molecule has 0 spiro atoms. The van der Waals surface area contributed by atoms with Crippen LogP contribution in [0.25, 0.3) is 5.57 Å². The molecule has 1 heterocycles. The summed E-state index contributed by atoms with van der Waals surface area (Å²) in [5.41, 5.74) is 2.01. The van der Waals surface area contributed by atoms with E-state index in [1.807, 2.05) is 30.3 Å². The lowest BCUT2D eigenvalue weighted by Crippen LogP contribution is -1.96. The van der Waals surface area contributed by atoms with Crippen LogP contribution < -0.4 is 0 Å². The summed E-state index contributed by atoms with van der Waals surface area (Å²) in [7, 11) is 0. The molecule has 0 aliphatic carbocycles. The van der Waals surface area contributed by atoms with Crippen LogP contribution >= 0.6 is 12.2 Å². The van der Waals surface area contributed by atoms with Crippen molar-refractivity contribution in [2.24, 2.45) is 0 Å². The fraction of sp³-hybridized carbons (Fsp3) is 0.100. The lowest BCUT2D eigenvalue weighted by atomic mass is 10.1. The van der Waals surface area contributed by atoms with Crippen LogP contribution in [0, 0.1) is 6.26 Å². The summed E-state index contributed by atoms with van der Waals surface area (Å²) >= 11 is 5.10. The molecule has 1 aromatic rings.